The predicted molar refractivity (Wildman–Crippen MR) is 108 cm³/mol. The van der Waals surface area contributed by atoms with Crippen LogP contribution in [0.3, 0.4) is 0 Å². The van der Waals surface area contributed by atoms with Gasteiger partial charge in [0, 0.05) is 35.7 Å². The van der Waals surface area contributed by atoms with Gasteiger partial charge in [-0.2, -0.15) is 0 Å². The SMILES string of the molecule is COc1ccc(N)c2c1OC[C@H](C(=O)Nc1ccc(N3CCOCC3)cc1)C2. The van der Waals surface area contributed by atoms with Gasteiger partial charge in [-0.25, -0.2) is 0 Å². The minimum absolute atomic E-state index is 0.0769. The predicted octanol–water partition coefficient (Wildman–Crippen LogP) is 2.30. The summed E-state index contributed by atoms with van der Waals surface area (Å²) in [6.45, 7) is 3.56. The Kier molecular flexibility index (Phi) is 5.25. The van der Waals surface area contributed by atoms with Crippen LogP contribution in [0, 0.1) is 5.92 Å². The minimum Gasteiger partial charge on any atom is -0.493 e. The number of carbonyl (C=O) groups is 1. The van der Waals surface area contributed by atoms with E-state index in [0.29, 0.717) is 30.2 Å². The van der Waals surface area contributed by atoms with E-state index in [1.54, 1.807) is 19.2 Å². The average molecular weight is 383 g/mol. The van der Waals surface area contributed by atoms with E-state index in [2.05, 4.69) is 10.2 Å². The summed E-state index contributed by atoms with van der Waals surface area (Å²) in [5, 5.41) is 2.99. The first-order chi connectivity index (χ1) is 13.7. The molecule has 0 radical (unpaired) electrons. The molecule has 2 aliphatic rings. The number of nitrogens with two attached hydrogens (primary N) is 1. The Morgan fingerprint density at radius 3 is 2.64 bits per heavy atom. The minimum atomic E-state index is -0.305. The van der Waals surface area contributed by atoms with Crippen molar-refractivity contribution >= 4 is 23.0 Å². The molecule has 7 heteroatoms. The molecule has 148 valence electrons. The fourth-order valence-corrected chi connectivity index (χ4v) is 3.63. The quantitative estimate of drug-likeness (QED) is 0.788. The molecular weight excluding hydrogens is 358 g/mol. The van der Waals surface area contributed by atoms with E-state index in [1.807, 2.05) is 24.3 Å². The number of nitrogen functional groups attached to an aromatic ring is 1. The molecule has 0 unspecified atom stereocenters. The van der Waals surface area contributed by atoms with Gasteiger partial charge >= 0.3 is 0 Å². The van der Waals surface area contributed by atoms with Crippen molar-refractivity contribution < 1.29 is 19.0 Å². The zero-order chi connectivity index (χ0) is 19.5. The number of ether oxygens (including phenoxy) is 3. The topological polar surface area (TPSA) is 86.0 Å². The Morgan fingerprint density at radius 2 is 1.93 bits per heavy atom. The Morgan fingerprint density at radius 1 is 1.18 bits per heavy atom. The Hall–Kier alpha value is -2.93. The monoisotopic (exact) mass is 383 g/mol. The Bertz CT molecular complexity index is 847. The summed E-state index contributed by atoms with van der Waals surface area (Å²) < 4.78 is 16.5. The van der Waals surface area contributed by atoms with Crippen LogP contribution in [0.2, 0.25) is 0 Å². The van der Waals surface area contributed by atoms with Gasteiger partial charge in [0.25, 0.3) is 0 Å². The van der Waals surface area contributed by atoms with Crippen molar-refractivity contribution in [3.8, 4) is 11.5 Å². The van der Waals surface area contributed by atoms with E-state index in [9.17, 15) is 4.79 Å². The summed E-state index contributed by atoms with van der Waals surface area (Å²) in [7, 11) is 1.59. The van der Waals surface area contributed by atoms with Crippen LogP contribution in [0.25, 0.3) is 0 Å². The lowest BCUT2D eigenvalue weighted by atomic mass is 9.94. The Labute approximate surface area is 164 Å². The van der Waals surface area contributed by atoms with E-state index >= 15 is 0 Å². The third kappa shape index (κ3) is 3.71. The summed E-state index contributed by atoms with van der Waals surface area (Å²) in [5.41, 5.74) is 9.43. The number of hydrogen-bond donors (Lipinski definition) is 2. The first-order valence-corrected chi connectivity index (χ1v) is 9.47. The number of methoxy groups -OCH3 is 1. The van der Waals surface area contributed by atoms with Gasteiger partial charge < -0.3 is 30.2 Å². The smallest absolute Gasteiger partial charge is 0.231 e. The molecule has 0 aromatic heterocycles. The van der Waals surface area contributed by atoms with E-state index < -0.39 is 0 Å². The third-order valence-electron chi connectivity index (χ3n) is 5.24. The number of nitrogens with zero attached hydrogens (tertiary/aromatic N) is 1. The number of rotatable bonds is 4. The van der Waals surface area contributed by atoms with Gasteiger partial charge in [-0.1, -0.05) is 0 Å². The van der Waals surface area contributed by atoms with Gasteiger partial charge in [0.1, 0.15) is 6.61 Å². The highest BCUT2D eigenvalue weighted by Crippen LogP contribution is 2.39. The molecule has 0 bridgehead atoms. The van der Waals surface area contributed by atoms with Gasteiger partial charge in [-0.05, 0) is 42.8 Å². The lowest BCUT2D eigenvalue weighted by molar-refractivity contribution is -0.121. The van der Waals surface area contributed by atoms with Crippen molar-refractivity contribution in [2.45, 2.75) is 6.42 Å². The number of anilines is 3. The van der Waals surface area contributed by atoms with Crippen LogP contribution in [0.15, 0.2) is 36.4 Å². The Balaban J connectivity index is 1.42. The molecule has 4 rings (SSSR count). The van der Waals surface area contributed by atoms with E-state index in [-0.39, 0.29) is 11.8 Å². The summed E-state index contributed by atoms with van der Waals surface area (Å²) >= 11 is 0. The maximum Gasteiger partial charge on any atom is 0.231 e. The summed E-state index contributed by atoms with van der Waals surface area (Å²) in [4.78, 5) is 15.0. The van der Waals surface area contributed by atoms with E-state index in [0.717, 1.165) is 43.2 Å². The van der Waals surface area contributed by atoms with Crippen molar-refractivity contribution in [3.05, 3.63) is 42.0 Å². The summed E-state index contributed by atoms with van der Waals surface area (Å²) in [6, 6.07) is 11.5. The normalized spacial score (nSPS) is 18.8. The maximum absolute atomic E-state index is 12.7. The van der Waals surface area contributed by atoms with E-state index in [4.69, 9.17) is 19.9 Å². The molecular formula is C21H25N3O4. The molecule has 2 aromatic rings. The van der Waals surface area contributed by atoms with Crippen LogP contribution >= 0.6 is 0 Å². The van der Waals surface area contributed by atoms with Crippen LogP contribution in [0.5, 0.6) is 11.5 Å². The zero-order valence-electron chi connectivity index (χ0n) is 15.9. The molecule has 1 fully saturated rings. The molecule has 2 aromatic carbocycles. The van der Waals surface area contributed by atoms with Crippen LogP contribution < -0.4 is 25.4 Å². The molecule has 7 nitrogen and oxygen atoms in total. The van der Waals surface area contributed by atoms with Crippen molar-refractivity contribution in [3.63, 3.8) is 0 Å². The molecule has 0 aliphatic carbocycles. The number of benzene rings is 2. The lowest BCUT2D eigenvalue weighted by Crippen LogP contribution is -2.36. The molecule has 1 amide bonds. The molecule has 0 saturated carbocycles. The number of amides is 1. The second kappa shape index (κ2) is 7.98. The van der Waals surface area contributed by atoms with Gasteiger partial charge in [0.2, 0.25) is 5.91 Å². The van der Waals surface area contributed by atoms with Gasteiger partial charge in [0.05, 0.1) is 26.2 Å². The zero-order valence-corrected chi connectivity index (χ0v) is 15.9. The molecule has 0 spiro atoms. The number of hydrogen-bond acceptors (Lipinski definition) is 6. The standard InChI is InChI=1S/C21H25N3O4/c1-26-19-7-6-18(22)17-12-14(13-28-20(17)19)21(25)23-15-2-4-16(5-3-15)24-8-10-27-11-9-24/h2-7,14H,8-13,22H2,1H3,(H,23,25)/t14-/m1/s1. The average Bonchev–Trinajstić information content (AvgIpc) is 2.75. The fourth-order valence-electron chi connectivity index (χ4n) is 3.63. The molecule has 2 aliphatic heterocycles. The molecule has 2 heterocycles. The van der Waals surface area contributed by atoms with Gasteiger partial charge in [-0.15, -0.1) is 0 Å². The van der Waals surface area contributed by atoms with Crippen LogP contribution in [0.1, 0.15) is 5.56 Å². The second-order valence-electron chi connectivity index (χ2n) is 7.01. The number of morpholine rings is 1. The number of nitrogens with one attached hydrogen (secondary N) is 1. The van der Waals surface area contributed by atoms with Crippen LogP contribution in [-0.2, 0) is 16.0 Å². The van der Waals surface area contributed by atoms with Gasteiger partial charge in [0.15, 0.2) is 11.5 Å². The van der Waals surface area contributed by atoms with Crippen molar-refractivity contribution in [1.29, 1.82) is 0 Å². The molecule has 1 atom stereocenters. The largest absolute Gasteiger partial charge is 0.493 e. The number of carbonyl (C=O) groups excluding carboxylic acids is 1. The highest BCUT2D eigenvalue weighted by molar-refractivity contribution is 5.93. The summed E-state index contributed by atoms with van der Waals surface area (Å²) in [6.07, 6.45) is 0.524. The fraction of sp³-hybridized carbons (Fsp3) is 0.381. The van der Waals surface area contributed by atoms with Crippen LogP contribution in [0.4, 0.5) is 17.1 Å². The van der Waals surface area contributed by atoms with Crippen molar-refractivity contribution in [2.24, 2.45) is 5.92 Å². The van der Waals surface area contributed by atoms with Gasteiger partial charge in [-0.3, -0.25) is 4.79 Å². The number of fused-ring (bicyclic) bond motifs is 1. The second-order valence-corrected chi connectivity index (χ2v) is 7.01. The molecule has 28 heavy (non-hydrogen) atoms. The maximum atomic E-state index is 12.7. The molecule has 1 saturated heterocycles. The van der Waals surface area contributed by atoms with Crippen molar-refractivity contribution in [1.82, 2.24) is 0 Å². The highest BCUT2D eigenvalue weighted by Gasteiger charge is 2.29. The van der Waals surface area contributed by atoms with E-state index in [1.165, 1.54) is 0 Å². The summed E-state index contributed by atoms with van der Waals surface area (Å²) in [5.74, 6) is 0.899. The highest BCUT2D eigenvalue weighted by atomic mass is 16.5. The molecule has 3 N–H and O–H groups in total. The lowest BCUT2D eigenvalue weighted by Gasteiger charge is -2.29. The van der Waals surface area contributed by atoms with Crippen molar-refractivity contribution in [2.75, 3.05) is 56.0 Å². The third-order valence-corrected chi connectivity index (χ3v) is 5.24. The van der Waals surface area contributed by atoms with Crippen LogP contribution in [-0.4, -0.2) is 45.9 Å². The first kappa shape index (κ1) is 18.4. The first-order valence-electron chi connectivity index (χ1n) is 9.47.